The number of hydrogen-bond acceptors (Lipinski definition) is 7. The molecular weight excluding hydrogens is 604 g/mol. The highest BCUT2D eigenvalue weighted by molar-refractivity contribution is 5.99. The molecule has 0 radical (unpaired) electrons. The van der Waals surface area contributed by atoms with Crippen molar-refractivity contribution in [2.75, 3.05) is 26.9 Å². The van der Waals surface area contributed by atoms with E-state index >= 15 is 0 Å². The zero-order valence-electron chi connectivity index (χ0n) is 27.2. The van der Waals surface area contributed by atoms with Crippen LogP contribution < -0.4 is 18.9 Å². The average molecular weight is 645 g/mol. The van der Waals surface area contributed by atoms with Crippen LogP contribution in [0.2, 0.25) is 0 Å². The second-order valence-electron chi connectivity index (χ2n) is 11.1. The Hall–Kier alpha value is -5.37. The van der Waals surface area contributed by atoms with Crippen molar-refractivity contribution < 1.29 is 34.0 Å². The first-order valence-electron chi connectivity index (χ1n) is 15.9. The molecule has 7 nitrogen and oxygen atoms in total. The molecule has 0 aromatic heterocycles. The number of ketones is 1. The summed E-state index contributed by atoms with van der Waals surface area (Å²) in [6, 6.07) is 40.7. The Balaban J connectivity index is 1.31. The minimum Gasteiger partial charge on any atom is -0.493 e. The topological polar surface area (TPSA) is 94.5 Å². The first-order chi connectivity index (χ1) is 23.5. The van der Waals surface area contributed by atoms with Crippen LogP contribution in [0.25, 0.3) is 11.1 Å². The van der Waals surface area contributed by atoms with Gasteiger partial charge in [-0.05, 0) is 82.3 Å². The van der Waals surface area contributed by atoms with Crippen molar-refractivity contribution >= 4 is 16.9 Å². The highest BCUT2D eigenvalue weighted by Gasteiger charge is 2.16. The molecule has 0 amide bonds. The van der Waals surface area contributed by atoms with Crippen LogP contribution in [0.3, 0.4) is 0 Å². The number of carbonyl (C=O) groups is 1. The molecule has 0 aliphatic heterocycles. The average Bonchev–Trinajstić information content (AvgIpc) is 3.15. The molecular formula is C41H40O7. The highest BCUT2D eigenvalue weighted by Crippen LogP contribution is 2.36. The Bertz CT molecular complexity index is 1780. The number of Topliss-reactive ketones (excluding diaryl/α,β-unsaturated/α-hetero) is 1. The second kappa shape index (κ2) is 17.0. The number of methoxy groups -OCH3 is 1. The van der Waals surface area contributed by atoms with Crippen LogP contribution in [-0.4, -0.2) is 49.0 Å². The van der Waals surface area contributed by atoms with E-state index in [1.165, 1.54) is 5.57 Å². The zero-order chi connectivity index (χ0) is 33.7. The molecule has 0 bridgehead atoms. The lowest BCUT2D eigenvalue weighted by atomic mass is 9.88. The monoisotopic (exact) mass is 644 g/mol. The van der Waals surface area contributed by atoms with Crippen molar-refractivity contribution in [3.8, 4) is 23.0 Å². The lowest BCUT2D eigenvalue weighted by Crippen LogP contribution is -2.21. The van der Waals surface area contributed by atoms with Crippen molar-refractivity contribution in [3.63, 3.8) is 0 Å². The summed E-state index contributed by atoms with van der Waals surface area (Å²) in [5.41, 5.74) is 6.86. The van der Waals surface area contributed by atoms with Gasteiger partial charge in [0.05, 0.1) is 13.7 Å². The summed E-state index contributed by atoms with van der Waals surface area (Å²) in [4.78, 5) is 13.1. The largest absolute Gasteiger partial charge is 0.493 e. The summed E-state index contributed by atoms with van der Waals surface area (Å²) in [5.74, 6) is 2.03. The zero-order valence-corrected chi connectivity index (χ0v) is 27.2. The van der Waals surface area contributed by atoms with Gasteiger partial charge in [0.15, 0.2) is 23.9 Å². The summed E-state index contributed by atoms with van der Waals surface area (Å²) >= 11 is 0. The van der Waals surface area contributed by atoms with E-state index in [0.717, 1.165) is 34.2 Å². The number of rotatable bonds is 16. The minimum atomic E-state index is -0.936. The van der Waals surface area contributed by atoms with Gasteiger partial charge in [-0.2, -0.15) is 0 Å². The Morgan fingerprint density at radius 2 is 1.25 bits per heavy atom. The van der Waals surface area contributed by atoms with E-state index in [4.69, 9.17) is 24.1 Å². The maximum Gasteiger partial charge on any atom is 0.200 e. The molecule has 0 heterocycles. The van der Waals surface area contributed by atoms with E-state index < -0.39 is 6.10 Å². The Morgan fingerprint density at radius 1 is 0.667 bits per heavy atom. The molecule has 48 heavy (non-hydrogen) atoms. The van der Waals surface area contributed by atoms with Crippen LogP contribution in [0.4, 0.5) is 0 Å². The maximum atomic E-state index is 13.1. The predicted octanol–water partition coefficient (Wildman–Crippen LogP) is 7.64. The van der Waals surface area contributed by atoms with Gasteiger partial charge in [0.25, 0.3) is 0 Å². The predicted molar refractivity (Wildman–Crippen MR) is 188 cm³/mol. The third-order valence-corrected chi connectivity index (χ3v) is 7.81. The number of benzene rings is 5. The Kier molecular flexibility index (Phi) is 12.0. The number of aliphatic hydroxyl groups excluding tert-OH is 2. The molecule has 1 atom stereocenters. The summed E-state index contributed by atoms with van der Waals surface area (Å²) in [6.07, 6.45) is -0.138. The normalized spacial score (nSPS) is 12.1. The molecule has 5 rings (SSSR count). The molecule has 2 N–H and O–H groups in total. The van der Waals surface area contributed by atoms with Gasteiger partial charge in [0.2, 0.25) is 0 Å². The number of aliphatic hydroxyl groups is 2. The smallest absolute Gasteiger partial charge is 0.200 e. The molecule has 0 saturated heterocycles. The molecule has 5 aromatic rings. The van der Waals surface area contributed by atoms with Gasteiger partial charge in [-0.25, -0.2) is 0 Å². The highest BCUT2D eigenvalue weighted by atomic mass is 16.5. The summed E-state index contributed by atoms with van der Waals surface area (Å²) in [7, 11) is 1.55. The molecule has 5 aromatic carbocycles. The number of ether oxygens (including phenoxy) is 4. The van der Waals surface area contributed by atoms with E-state index in [1.807, 2.05) is 97.1 Å². The van der Waals surface area contributed by atoms with Gasteiger partial charge >= 0.3 is 0 Å². The molecule has 7 heteroatoms. The maximum absolute atomic E-state index is 13.1. The molecule has 0 aliphatic carbocycles. The lowest BCUT2D eigenvalue weighted by molar-refractivity contribution is 0.0536. The van der Waals surface area contributed by atoms with Crippen LogP contribution in [-0.2, 0) is 6.61 Å². The van der Waals surface area contributed by atoms with Crippen molar-refractivity contribution in [2.24, 2.45) is 0 Å². The van der Waals surface area contributed by atoms with E-state index in [-0.39, 0.29) is 25.6 Å². The van der Waals surface area contributed by atoms with Crippen molar-refractivity contribution in [3.05, 3.63) is 155 Å². The lowest BCUT2D eigenvalue weighted by Gasteiger charge is -2.17. The quantitative estimate of drug-likeness (QED) is 0.0842. The second-order valence-corrected chi connectivity index (χ2v) is 11.1. The minimum absolute atomic E-state index is 0.00869. The number of carbonyl (C=O) groups excluding carboxylic acids is 1. The summed E-state index contributed by atoms with van der Waals surface area (Å²) in [6.45, 7) is 2.04. The van der Waals surface area contributed by atoms with Gasteiger partial charge in [-0.15, -0.1) is 0 Å². The standard InChI is InChI=1S/C41H40O7/c1-3-37(30-12-8-5-9-13-30)41(31-14-19-35(20-15-31)46-27-34(43)25-42)32-16-21-36(22-17-32)47-28-38(44)33-18-23-39(40(24-33)45-2)48-26-29-10-6-4-7-11-29/h4-24,34,42-43H,3,25-28H2,1-2H3/b41-37-. The van der Waals surface area contributed by atoms with E-state index in [1.54, 1.807) is 25.3 Å². The van der Waals surface area contributed by atoms with Crippen molar-refractivity contribution in [1.29, 1.82) is 0 Å². The number of allylic oxidation sites excluding steroid dienone is 1. The Labute approximate surface area is 281 Å². The van der Waals surface area contributed by atoms with Gasteiger partial charge < -0.3 is 29.2 Å². The van der Waals surface area contributed by atoms with Crippen LogP contribution in [0.5, 0.6) is 23.0 Å². The van der Waals surface area contributed by atoms with Gasteiger partial charge in [-0.3, -0.25) is 4.79 Å². The molecule has 1 unspecified atom stereocenters. The summed E-state index contributed by atoms with van der Waals surface area (Å²) in [5, 5.41) is 18.7. The van der Waals surface area contributed by atoms with E-state index in [0.29, 0.717) is 35.2 Å². The third-order valence-electron chi connectivity index (χ3n) is 7.81. The van der Waals surface area contributed by atoms with E-state index in [2.05, 4.69) is 19.1 Å². The van der Waals surface area contributed by atoms with Gasteiger partial charge in [0, 0.05) is 5.56 Å². The van der Waals surface area contributed by atoms with Crippen molar-refractivity contribution in [1.82, 2.24) is 0 Å². The molecule has 0 saturated carbocycles. The SMILES string of the molecule is CC/C(=C(/c1ccc(OCC(=O)c2ccc(OCc3ccccc3)c(OC)c2)cc1)c1ccc(OCC(O)CO)cc1)c1ccccc1. The molecule has 0 fully saturated rings. The number of hydrogen-bond donors (Lipinski definition) is 2. The molecule has 0 spiro atoms. The van der Waals surface area contributed by atoms with Gasteiger partial charge in [-0.1, -0.05) is 91.9 Å². The van der Waals surface area contributed by atoms with Gasteiger partial charge in [0.1, 0.15) is 30.8 Å². The molecule has 0 aliphatic rings. The summed E-state index contributed by atoms with van der Waals surface area (Å²) < 4.78 is 23.0. The van der Waals surface area contributed by atoms with Crippen LogP contribution in [0, 0.1) is 0 Å². The molecule has 246 valence electrons. The first kappa shape index (κ1) is 34.0. The van der Waals surface area contributed by atoms with Crippen molar-refractivity contribution in [2.45, 2.75) is 26.1 Å². The first-order valence-corrected chi connectivity index (χ1v) is 15.9. The van der Waals surface area contributed by atoms with Crippen LogP contribution in [0.1, 0.15) is 46.0 Å². The van der Waals surface area contributed by atoms with Crippen LogP contribution >= 0.6 is 0 Å². The Morgan fingerprint density at radius 3 is 1.83 bits per heavy atom. The van der Waals surface area contributed by atoms with E-state index in [9.17, 15) is 9.90 Å². The fourth-order valence-corrected chi connectivity index (χ4v) is 5.29. The fourth-order valence-electron chi connectivity index (χ4n) is 5.29. The third kappa shape index (κ3) is 8.91. The van der Waals surface area contributed by atoms with Crippen LogP contribution in [0.15, 0.2) is 127 Å². The fraction of sp³-hybridized carbons (Fsp3) is 0.195.